The molecular formula is C7H10O2. The van der Waals surface area contributed by atoms with Crippen molar-refractivity contribution < 1.29 is 9.53 Å². The van der Waals surface area contributed by atoms with E-state index in [1.54, 1.807) is 0 Å². The van der Waals surface area contributed by atoms with E-state index in [0.29, 0.717) is 0 Å². The Labute approximate surface area is 55.2 Å². The van der Waals surface area contributed by atoms with E-state index >= 15 is 0 Å². The Morgan fingerprint density at radius 3 is 2.44 bits per heavy atom. The Balaban J connectivity index is 2.15. The summed E-state index contributed by atoms with van der Waals surface area (Å²) in [6, 6.07) is 0. The van der Waals surface area contributed by atoms with E-state index < -0.39 is 0 Å². The zero-order valence-electron chi connectivity index (χ0n) is 5.35. The minimum Gasteiger partial charge on any atom is -0.446 e. The lowest BCUT2D eigenvalue weighted by Gasteiger charge is -2.16. The number of carbonyl (C=O) groups excluding carboxylic acids is 1. The largest absolute Gasteiger partial charge is 0.446 e. The summed E-state index contributed by atoms with van der Waals surface area (Å²) in [6.07, 6.45) is 6.42. The van der Waals surface area contributed by atoms with Gasteiger partial charge >= 0.3 is 6.47 Å². The third kappa shape index (κ3) is 2.04. The van der Waals surface area contributed by atoms with Gasteiger partial charge in [0, 0.05) is 0 Å². The van der Waals surface area contributed by atoms with Crippen LogP contribution in [0.2, 0.25) is 0 Å². The summed E-state index contributed by atoms with van der Waals surface area (Å²) >= 11 is 0. The molecule has 2 nitrogen and oxygen atoms in total. The SMILES string of the molecule is O=[C]O[C]1CCCCC1. The molecule has 1 aliphatic rings. The average molecular weight is 126 g/mol. The van der Waals surface area contributed by atoms with Gasteiger partial charge in [-0.05, 0) is 25.7 Å². The number of hydrogen-bond donors (Lipinski definition) is 0. The molecule has 0 atom stereocenters. The molecule has 1 aliphatic carbocycles. The van der Waals surface area contributed by atoms with Crippen LogP contribution >= 0.6 is 0 Å². The first-order chi connectivity index (χ1) is 4.43. The van der Waals surface area contributed by atoms with Crippen LogP contribution in [-0.4, -0.2) is 6.47 Å². The molecule has 0 amide bonds. The van der Waals surface area contributed by atoms with Gasteiger partial charge in [0.25, 0.3) is 0 Å². The van der Waals surface area contributed by atoms with Gasteiger partial charge in [-0.3, -0.25) is 0 Å². The van der Waals surface area contributed by atoms with Crippen molar-refractivity contribution in [3.05, 3.63) is 6.10 Å². The summed E-state index contributed by atoms with van der Waals surface area (Å²) in [7, 11) is 0. The first kappa shape index (κ1) is 6.59. The highest BCUT2D eigenvalue weighted by Gasteiger charge is 2.14. The summed E-state index contributed by atoms with van der Waals surface area (Å²) in [4.78, 5) is 9.71. The highest BCUT2D eigenvalue weighted by molar-refractivity contribution is 5.40. The fourth-order valence-corrected chi connectivity index (χ4v) is 1.11. The van der Waals surface area contributed by atoms with Crippen LogP contribution in [-0.2, 0) is 9.53 Å². The van der Waals surface area contributed by atoms with Crippen molar-refractivity contribution in [2.24, 2.45) is 0 Å². The van der Waals surface area contributed by atoms with Crippen molar-refractivity contribution in [2.45, 2.75) is 32.1 Å². The van der Waals surface area contributed by atoms with Crippen molar-refractivity contribution in [1.82, 2.24) is 0 Å². The highest BCUT2D eigenvalue weighted by Crippen LogP contribution is 2.25. The van der Waals surface area contributed by atoms with Crippen LogP contribution in [0.4, 0.5) is 0 Å². The minimum absolute atomic E-state index is 0.913. The molecule has 0 spiro atoms. The average Bonchev–Trinajstić information content (AvgIpc) is 1.91. The molecule has 0 bridgehead atoms. The lowest BCUT2D eigenvalue weighted by molar-refractivity contribution is 0.233. The van der Waals surface area contributed by atoms with E-state index in [9.17, 15) is 4.79 Å². The molecule has 1 rings (SSSR count). The summed E-state index contributed by atoms with van der Waals surface area (Å²) < 4.78 is 4.59. The van der Waals surface area contributed by atoms with Crippen LogP contribution in [0.15, 0.2) is 0 Å². The van der Waals surface area contributed by atoms with Gasteiger partial charge in [-0.2, -0.15) is 0 Å². The van der Waals surface area contributed by atoms with Crippen LogP contribution in [0.5, 0.6) is 0 Å². The van der Waals surface area contributed by atoms with E-state index in [2.05, 4.69) is 4.74 Å². The molecule has 0 saturated heterocycles. The van der Waals surface area contributed by atoms with Crippen molar-refractivity contribution in [2.75, 3.05) is 0 Å². The maximum atomic E-state index is 9.71. The highest BCUT2D eigenvalue weighted by atomic mass is 16.5. The second kappa shape index (κ2) is 3.49. The Hall–Kier alpha value is -0.530. The van der Waals surface area contributed by atoms with Crippen LogP contribution in [0.25, 0.3) is 0 Å². The van der Waals surface area contributed by atoms with Crippen molar-refractivity contribution in [3.8, 4) is 0 Å². The third-order valence-electron chi connectivity index (χ3n) is 1.60. The minimum atomic E-state index is 0.913. The molecule has 0 unspecified atom stereocenters. The smallest absolute Gasteiger partial charge is 0.418 e. The summed E-state index contributed by atoms with van der Waals surface area (Å²) in [5.41, 5.74) is 0. The fraction of sp³-hybridized carbons (Fsp3) is 0.714. The first-order valence-electron chi connectivity index (χ1n) is 3.32. The predicted octanol–water partition coefficient (Wildman–Crippen LogP) is 1.57. The monoisotopic (exact) mass is 126 g/mol. The molecular weight excluding hydrogens is 116 g/mol. The number of rotatable bonds is 2. The zero-order chi connectivity index (χ0) is 6.53. The van der Waals surface area contributed by atoms with Gasteiger partial charge in [0.05, 0.1) is 0 Å². The quantitative estimate of drug-likeness (QED) is 0.561. The second-order valence-corrected chi connectivity index (χ2v) is 2.28. The molecule has 0 aliphatic heterocycles. The van der Waals surface area contributed by atoms with Crippen LogP contribution in [0, 0.1) is 6.10 Å². The van der Waals surface area contributed by atoms with Crippen molar-refractivity contribution in [1.29, 1.82) is 0 Å². The molecule has 0 aromatic heterocycles. The van der Waals surface area contributed by atoms with Crippen molar-refractivity contribution in [3.63, 3.8) is 0 Å². The van der Waals surface area contributed by atoms with E-state index in [1.807, 2.05) is 0 Å². The molecule has 9 heavy (non-hydrogen) atoms. The van der Waals surface area contributed by atoms with E-state index in [4.69, 9.17) is 0 Å². The molecule has 2 heteroatoms. The lowest BCUT2D eigenvalue weighted by atomic mass is 9.98. The molecule has 0 aromatic rings. The summed E-state index contributed by atoms with van der Waals surface area (Å²) in [5.74, 6) is 0. The number of hydrogen-bond acceptors (Lipinski definition) is 2. The van der Waals surface area contributed by atoms with Gasteiger partial charge in [0.1, 0.15) is 0 Å². The topological polar surface area (TPSA) is 26.3 Å². The molecule has 0 heterocycles. The molecule has 2 radical (unpaired) electrons. The Bertz CT molecular complexity index is 84.9. The molecule has 0 N–H and O–H groups in total. The summed E-state index contributed by atoms with van der Waals surface area (Å²) in [5, 5.41) is 0. The normalized spacial score (nSPS) is 21.3. The molecule has 0 aromatic carbocycles. The fourth-order valence-electron chi connectivity index (χ4n) is 1.11. The van der Waals surface area contributed by atoms with E-state index in [-0.39, 0.29) is 0 Å². The van der Waals surface area contributed by atoms with Crippen molar-refractivity contribution >= 4 is 6.47 Å². The van der Waals surface area contributed by atoms with Crippen LogP contribution in [0.1, 0.15) is 32.1 Å². The van der Waals surface area contributed by atoms with Gasteiger partial charge in [-0.15, -0.1) is 0 Å². The van der Waals surface area contributed by atoms with Gasteiger partial charge in [0.15, 0.2) is 6.10 Å². The van der Waals surface area contributed by atoms with Gasteiger partial charge < -0.3 is 4.74 Å². The maximum Gasteiger partial charge on any atom is 0.418 e. The molecule has 1 saturated carbocycles. The molecule has 50 valence electrons. The Morgan fingerprint density at radius 1 is 1.22 bits per heavy atom. The third-order valence-corrected chi connectivity index (χ3v) is 1.60. The lowest BCUT2D eigenvalue weighted by Crippen LogP contribution is -2.06. The Morgan fingerprint density at radius 2 is 1.89 bits per heavy atom. The maximum absolute atomic E-state index is 9.71. The van der Waals surface area contributed by atoms with Gasteiger partial charge in [0.2, 0.25) is 0 Å². The van der Waals surface area contributed by atoms with E-state index in [1.165, 1.54) is 12.9 Å². The van der Waals surface area contributed by atoms with Crippen LogP contribution in [0.3, 0.4) is 0 Å². The number of ether oxygens (including phenoxy) is 1. The van der Waals surface area contributed by atoms with Crippen LogP contribution < -0.4 is 0 Å². The zero-order valence-corrected chi connectivity index (χ0v) is 5.35. The van der Waals surface area contributed by atoms with Gasteiger partial charge in [-0.1, -0.05) is 6.42 Å². The van der Waals surface area contributed by atoms with E-state index in [0.717, 1.165) is 31.8 Å². The summed E-state index contributed by atoms with van der Waals surface area (Å²) in [6.45, 7) is 1.45. The van der Waals surface area contributed by atoms with Gasteiger partial charge in [-0.25, -0.2) is 4.79 Å². The molecule has 1 fully saturated rings. The first-order valence-corrected chi connectivity index (χ1v) is 3.32. The second-order valence-electron chi connectivity index (χ2n) is 2.28. The standard InChI is InChI=1S/C7H10O2/c8-6-9-7-4-2-1-3-5-7/h1-5H2. The Kier molecular flexibility index (Phi) is 2.55. The predicted molar refractivity (Wildman–Crippen MR) is 33.1 cm³/mol.